The van der Waals surface area contributed by atoms with Crippen molar-refractivity contribution in [3.05, 3.63) is 53.2 Å². The number of hydrogen-bond donors (Lipinski definition) is 1. The van der Waals surface area contributed by atoms with Crippen LogP contribution >= 0.6 is 0 Å². The highest BCUT2D eigenvalue weighted by atomic mass is 19.4. The minimum Gasteiger partial charge on any atom is -0.382 e. The Labute approximate surface area is 136 Å². The molecule has 1 aromatic carbocycles. The molecule has 24 heavy (non-hydrogen) atoms. The van der Waals surface area contributed by atoms with Crippen LogP contribution in [-0.2, 0) is 6.18 Å². The van der Waals surface area contributed by atoms with E-state index in [1.165, 1.54) is 23.1 Å². The molecule has 5 nitrogen and oxygen atoms in total. The maximum absolute atomic E-state index is 13.2. The van der Waals surface area contributed by atoms with Crippen molar-refractivity contribution < 1.29 is 18.0 Å². The van der Waals surface area contributed by atoms with Crippen molar-refractivity contribution in [3.8, 4) is 0 Å². The molecule has 1 saturated heterocycles. The number of alkyl halides is 3. The molecule has 0 spiro atoms. The summed E-state index contributed by atoms with van der Waals surface area (Å²) in [6.07, 6.45) is -3.27. The zero-order valence-electron chi connectivity index (χ0n) is 12.6. The molecule has 2 N–H and O–H groups in total. The van der Waals surface area contributed by atoms with Gasteiger partial charge in [0.25, 0.3) is 5.91 Å². The topological polar surface area (TPSA) is 72.1 Å². The summed E-state index contributed by atoms with van der Waals surface area (Å²) in [6.45, 7) is 0.377. The lowest BCUT2D eigenvalue weighted by Gasteiger charge is -2.25. The van der Waals surface area contributed by atoms with E-state index in [2.05, 4.69) is 10.2 Å². The summed E-state index contributed by atoms with van der Waals surface area (Å²) in [5, 5.41) is 7.72. The molecule has 2 heterocycles. The molecule has 3 rings (SSSR count). The second-order valence-electron chi connectivity index (χ2n) is 5.58. The zero-order chi connectivity index (χ0) is 17.3. The molecular formula is C16H15F3N4O. The molecule has 1 fully saturated rings. The molecule has 126 valence electrons. The average Bonchev–Trinajstić information content (AvgIpc) is 3.03. The summed E-state index contributed by atoms with van der Waals surface area (Å²) < 4.78 is 39.5. The molecule has 1 aromatic heterocycles. The molecule has 1 aliphatic heterocycles. The molecule has 0 aliphatic carbocycles. The molecule has 0 saturated carbocycles. The first-order valence-corrected chi connectivity index (χ1v) is 7.44. The fourth-order valence-electron chi connectivity index (χ4n) is 2.92. The first-order valence-electron chi connectivity index (χ1n) is 7.44. The Morgan fingerprint density at radius 3 is 2.58 bits per heavy atom. The number of aromatic nitrogens is 2. The number of hydrogen-bond acceptors (Lipinski definition) is 4. The Kier molecular flexibility index (Phi) is 4.13. The summed E-state index contributed by atoms with van der Waals surface area (Å²) in [5.74, 6) is -0.402. The van der Waals surface area contributed by atoms with Crippen molar-refractivity contribution in [2.45, 2.75) is 25.1 Å². The third-order valence-electron chi connectivity index (χ3n) is 4.02. The number of amides is 1. The van der Waals surface area contributed by atoms with Gasteiger partial charge in [-0.25, -0.2) is 0 Å². The largest absolute Gasteiger partial charge is 0.417 e. The van der Waals surface area contributed by atoms with Gasteiger partial charge in [0.05, 0.1) is 22.9 Å². The highest BCUT2D eigenvalue weighted by Crippen LogP contribution is 2.36. The first kappa shape index (κ1) is 16.2. The number of nitrogen functional groups attached to an aromatic ring is 1. The van der Waals surface area contributed by atoms with E-state index in [0.29, 0.717) is 25.1 Å². The molecule has 0 bridgehead atoms. The number of carbonyl (C=O) groups is 1. The van der Waals surface area contributed by atoms with Crippen LogP contribution in [0.3, 0.4) is 0 Å². The summed E-state index contributed by atoms with van der Waals surface area (Å²) >= 11 is 0. The average molecular weight is 336 g/mol. The van der Waals surface area contributed by atoms with E-state index in [9.17, 15) is 18.0 Å². The van der Waals surface area contributed by atoms with Crippen LogP contribution in [0, 0.1) is 0 Å². The molecular weight excluding hydrogens is 321 g/mol. The third kappa shape index (κ3) is 3.04. The van der Waals surface area contributed by atoms with Crippen LogP contribution in [0.15, 0.2) is 36.4 Å². The van der Waals surface area contributed by atoms with E-state index in [-0.39, 0.29) is 11.4 Å². The number of nitrogens with two attached hydrogens (primary N) is 1. The SMILES string of the molecule is Nc1ccc(C2CCCN2C(=O)c2ccccc2C(F)(F)F)nn1. The Morgan fingerprint density at radius 1 is 1.17 bits per heavy atom. The number of halogens is 3. The summed E-state index contributed by atoms with van der Waals surface area (Å²) in [7, 11) is 0. The smallest absolute Gasteiger partial charge is 0.382 e. The first-order chi connectivity index (χ1) is 11.4. The van der Waals surface area contributed by atoms with Crippen molar-refractivity contribution >= 4 is 11.7 Å². The Hall–Kier alpha value is -2.64. The van der Waals surface area contributed by atoms with E-state index < -0.39 is 23.7 Å². The van der Waals surface area contributed by atoms with E-state index in [1.807, 2.05) is 0 Å². The van der Waals surface area contributed by atoms with Crippen molar-refractivity contribution in [3.63, 3.8) is 0 Å². The van der Waals surface area contributed by atoms with Gasteiger partial charge in [-0.1, -0.05) is 12.1 Å². The van der Waals surface area contributed by atoms with Crippen LogP contribution in [-0.4, -0.2) is 27.5 Å². The number of benzene rings is 1. The fourth-order valence-corrected chi connectivity index (χ4v) is 2.92. The molecule has 1 atom stereocenters. The van der Waals surface area contributed by atoms with Gasteiger partial charge < -0.3 is 10.6 Å². The van der Waals surface area contributed by atoms with E-state index in [0.717, 1.165) is 6.07 Å². The molecule has 0 radical (unpaired) electrons. The third-order valence-corrected chi connectivity index (χ3v) is 4.02. The van der Waals surface area contributed by atoms with Crippen LogP contribution in [0.25, 0.3) is 0 Å². The Morgan fingerprint density at radius 2 is 1.92 bits per heavy atom. The van der Waals surface area contributed by atoms with Crippen LogP contribution in [0.2, 0.25) is 0 Å². The maximum Gasteiger partial charge on any atom is 0.417 e. The predicted octanol–water partition coefficient (Wildman–Crippen LogP) is 3.05. The highest BCUT2D eigenvalue weighted by molar-refractivity contribution is 5.96. The lowest BCUT2D eigenvalue weighted by atomic mass is 10.0. The minimum absolute atomic E-state index is 0.247. The lowest BCUT2D eigenvalue weighted by molar-refractivity contribution is -0.138. The second-order valence-corrected chi connectivity index (χ2v) is 5.58. The van der Waals surface area contributed by atoms with Gasteiger partial charge in [0.15, 0.2) is 0 Å². The van der Waals surface area contributed by atoms with Gasteiger partial charge in [0, 0.05) is 6.54 Å². The van der Waals surface area contributed by atoms with Gasteiger partial charge in [-0.3, -0.25) is 4.79 Å². The molecule has 2 aromatic rings. The van der Waals surface area contributed by atoms with Gasteiger partial charge in [0.1, 0.15) is 5.82 Å². The van der Waals surface area contributed by atoms with Gasteiger partial charge in [-0.2, -0.15) is 18.3 Å². The van der Waals surface area contributed by atoms with Crippen LogP contribution in [0.4, 0.5) is 19.0 Å². The molecule has 1 amide bonds. The fraction of sp³-hybridized carbons (Fsp3) is 0.312. The second kappa shape index (κ2) is 6.10. The van der Waals surface area contributed by atoms with Crippen molar-refractivity contribution in [2.75, 3.05) is 12.3 Å². The normalized spacial score (nSPS) is 18.0. The number of carbonyl (C=O) groups excluding carboxylic acids is 1. The standard InChI is InChI=1S/C16H15F3N4O/c17-16(18,19)11-5-2-1-4-10(11)15(24)23-9-3-6-13(23)12-7-8-14(20)22-21-12/h1-2,4-5,7-8,13H,3,6,9H2,(H2,20,22). The number of nitrogens with zero attached hydrogens (tertiary/aromatic N) is 3. The Bertz CT molecular complexity index is 746. The predicted molar refractivity (Wildman–Crippen MR) is 80.9 cm³/mol. The molecule has 1 unspecified atom stereocenters. The Balaban J connectivity index is 1.94. The summed E-state index contributed by atoms with van der Waals surface area (Å²) in [4.78, 5) is 14.1. The van der Waals surface area contributed by atoms with E-state index in [1.54, 1.807) is 12.1 Å². The van der Waals surface area contributed by atoms with Gasteiger partial charge >= 0.3 is 6.18 Å². The minimum atomic E-state index is -4.58. The van der Waals surface area contributed by atoms with E-state index in [4.69, 9.17) is 5.73 Å². The van der Waals surface area contributed by atoms with Crippen LogP contribution in [0.1, 0.15) is 40.5 Å². The van der Waals surface area contributed by atoms with Crippen LogP contribution in [0.5, 0.6) is 0 Å². The summed E-state index contributed by atoms with van der Waals surface area (Å²) in [6, 6.07) is 7.63. The van der Waals surface area contributed by atoms with Gasteiger partial charge in [-0.05, 0) is 37.1 Å². The molecule has 8 heteroatoms. The van der Waals surface area contributed by atoms with Crippen molar-refractivity contribution in [1.29, 1.82) is 0 Å². The maximum atomic E-state index is 13.2. The zero-order valence-corrected chi connectivity index (χ0v) is 12.6. The van der Waals surface area contributed by atoms with Crippen molar-refractivity contribution in [1.82, 2.24) is 15.1 Å². The van der Waals surface area contributed by atoms with E-state index >= 15 is 0 Å². The number of anilines is 1. The lowest BCUT2D eigenvalue weighted by Crippen LogP contribution is -2.32. The summed E-state index contributed by atoms with van der Waals surface area (Å²) in [5.41, 5.74) is 4.75. The number of likely N-dealkylation sites (tertiary alicyclic amines) is 1. The van der Waals surface area contributed by atoms with Crippen molar-refractivity contribution in [2.24, 2.45) is 0 Å². The quantitative estimate of drug-likeness (QED) is 0.915. The van der Waals surface area contributed by atoms with Crippen LogP contribution < -0.4 is 5.73 Å². The van der Waals surface area contributed by atoms with Gasteiger partial charge in [0.2, 0.25) is 0 Å². The van der Waals surface area contributed by atoms with Gasteiger partial charge in [-0.15, -0.1) is 5.10 Å². The number of rotatable bonds is 2. The molecule has 1 aliphatic rings. The monoisotopic (exact) mass is 336 g/mol. The highest BCUT2D eigenvalue weighted by Gasteiger charge is 2.38.